The Kier molecular flexibility index (Phi) is 5.35. The first-order valence-corrected chi connectivity index (χ1v) is 10.7. The van der Waals surface area contributed by atoms with E-state index < -0.39 is 0 Å². The Hall–Kier alpha value is -1.69. The molecule has 4 rings (SSSR count). The molecule has 0 bridgehead atoms. The molecular weight excluding hydrogens is 338 g/mol. The van der Waals surface area contributed by atoms with Crippen molar-refractivity contribution in [2.24, 2.45) is 5.92 Å². The molecule has 3 atom stereocenters. The monoisotopic (exact) mass is 371 g/mol. The highest BCUT2D eigenvalue weighted by Crippen LogP contribution is 2.33. The van der Waals surface area contributed by atoms with Crippen molar-refractivity contribution in [1.82, 2.24) is 20.2 Å². The number of nitrogens with one attached hydrogen (secondary N) is 1. The van der Waals surface area contributed by atoms with Crippen LogP contribution in [-0.4, -0.2) is 59.0 Å². The first-order chi connectivity index (χ1) is 13.0. The van der Waals surface area contributed by atoms with Crippen LogP contribution in [-0.2, 0) is 4.79 Å². The van der Waals surface area contributed by atoms with Gasteiger partial charge in [0.2, 0.25) is 5.91 Å². The molecule has 3 heterocycles. The normalized spacial score (nSPS) is 28.5. The topological polar surface area (TPSA) is 61.4 Å². The molecular formula is C21H33N5O. The van der Waals surface area contributed by atoms with Crippen LogP contribution < -0.4 is 10.2 Å². The summed E-state index contributed by atoms with van der Waals surface area (Å²) in [7, 11) is 0. The number of anilines is 1. The van der Waals surface area contributed by atoms with Crippen LogP contribution in [0.3, 0.4) is 0 Å². The van der Waals surface area contributed by atoms with Gasteiger partial charge in [0.05, 0.1) is 6.04 Å². The lowest BCUT2D eigenvalue weighted by Crippen LogP contribution is -2.53. The van der Waals surface area contributed by atoms with Crippen molar-refractivity contribution >= 4 is 11.7 Å². The Morgan fingerprint density at radius 3 is 2.59 bits per heavy atom. The standard InChI is InChI=1S/C21H33N5O/c1-14(2)20-22-15(3)12-19(24-20)25-8-10-26(11-9-25)21(27)18-13-16-6-4-5-7-17(16)23-18/h12,14,16-18,23H,4-11,13H2,1-3H3. The maximum atomic E-state index is 13.0. The SMILES string of the molecule is Cc1cc(N2CCN(C(=O)C3CC4CCCCC4N3)CC2)nc(C(C)C)n1. The van der Waals surface area contributed by atoms with Gasteiger partial charge in [0.25, 0.3) is 0 Å². The van der Waals surface area contributed by atoms with E-state index in [2.05, 4.69) is 40.0 Å². The highest BCUT2D eigenvalue weighted by atomic mass is 16.2. The number of piperazine rings is 1. The number of aromatic nitrogens is 2. The van der Waals surface area contributed by atoms with Crippen LogP contribution in [0.5, 0.6) is 0 Å². The first kappa shape index (κ1) is 18.7. The van der Waals surface area contributed by atoms with Crippen molar-refractivity contribution in [1.29, 1.82) is 0 Å². The number of aryl methyl sites for hydroxylation is 1. The van der Waals surface area contributed by atoms with Gasteiger partial charge in [-0.15, -0.1) is 0 Å². The van der Waals surface area contributed by atoms with Crippen LogP contribution in [0, 0.1) is 12.8 Å². The summed E-state index contributed by atoms with van der Waals surface area (Å²) in [6, 6.07) is 2.68. The fourth-order valence-corrected chi connectivity index (χ4v) is 4.88. The summed E-state index contributed by atoms with van der Waals surface area (Å²) in [5, 5.41) is 3.63. The second-order valence-electron chi connectivity index (χ2n) is 8.80. The quantitative estimate of drug-likeness (QED) is 0.884. The number of amides is 1. The summed E-state index contributed by atoms with van der Waals surface area (Å²) < 4.78 is 0. The van der Waals surface area contributed by atoms with E-state index in [1.165, 1.54) is 25.7 Å². The van der Waals surface area contributed by atoms with Crippen molar-refractivity contribution < 1.29 is 4.79 Å². The van der Waals surface area contributed by atoms with Gasteiger partial charge in [0, 0.05) is 49.9 Å². The molecule has 1 aliphatic carbocycles. The Morgan fingerprint density at radius 2 is 1.89 bits per heavy atom. The van der Waals surface area contributed by atoms with Gasteiger partial charge in [0.15, 0.2) is 0 Å². The molecule has 1 aromatic heterocycles. The molecule has 6 nitrogen and oxygen atoms in total. The third-order valence-corrected chi connectivity index (χ3v) is 6.45. The molecule has 27 heavy (non-hydrogen) atoms. The Labute approximate surface area is 162 Å². The number of rotatable bonds is 3. The van der Waals surface area contributed by atoms with Crippen LogP contribution in [0.25, 0.3) is 0 Å². The minimum atomic E-state index is 0.0403. The Morgan fingerprint density at radius 1 is 1.15 bits per heavy atom. The van der Waals surface area contributed by atoms with Crippen LogP contribution in [0.15, 0.2) is 6.07 Å². The lowest BCUT2D eigenvalue weighted by Gasteiger charge is -2.36. The largest absolute Gasteiger partial charge is 0.353 e. The minimum absolute atomic E-state index is 0.0403. The average Bonchev–Trinajstić information content (AvgIpc) is 3.11. The third-order valence-electron chi connectivity index (χ3n) is 6.45. The number of fused-ring (bicyclic) bond motifs is 1. The fraction of sp³-hybridized carbons (Fsp3) is 0.762. The predicted molar refractivity (Wildman–Crippen MR) is 107 cm³/mol. The maximum absolute atomic E-state index is 13.0. The van der Waals surface area contributed by atoms with Gasteiger partial charge in [-0.05, 0) is 32.1 Å². The van der Waals surface area contributed by atoms with Gasteiger partial charge >= 0.3 is 0 Å². The molecule has 6 heteroatoms. The van der Waals surface area contributed by atoms with E-state index in [1.54, 1.807) is 0 Å². The van der Waals surface area contributed by atoms with Gasteiger partial charge in [-0.1, -0.05) is 26.7 Å². The Balaban J connectivity index is 1.36. The highest BCUT2D eigenvalue weighted by Gasteiger charge is 2.40. The van der Waals surface area contributed by atoms with Crippen molar-refractivity contribution in [3.8, 4) is 0 Å². The van der Waals surface area contributed by atoms with Crippen molar-refractivity contribution in [3.05, 3.63) is 17.6 Å². The van der Waals surface area contributed by atoms with Crippen molar-refractivity contribution in [3.63, 3.8) is 0 Å². The zero-order chi connectivity index (χ0) is 19.0. The molecule has 2 saturated heterocycles. The molecule has 3 fully saturated rings. The molecule has 1 saturated carbocycles. The van der Waals surface area contributed by atoms with E-state index >= 15 is 0 Å². The number of carbonyl (C=O) groups excluding carboxylic acids is 1. The lowest BCUT2D eigenvalue weighted by atomic mass is 9.85. The van der Waals surface area contributed by atoms with Crippen LogP contribution >= 0.6 is 0 Å². The number of hydrogen-bond acceptors (Lipinski definition) is 5. The first-order valence-electron chi connectivity index (χ1n) is 10.7. The van der Waals surface area contributed by atoms with E-state index in [0.717, 1.165) is 49.9 Å². The van der Waals surface area contributed by atoms with Gasteiger partial charge in [0.1, 0.15) is 11.6 Å². The molecule has 1 amide bonds. The Bertz CT molecular complexity index is 669. The van der Waals surface area contributed by atoms with E-state index in [0.29, 0.717) is 23.8 Å². The second kappa shape index (κ2) is 7.74. The zero-order valence-corrected chi connectivity index (χ0v) is 16.9. The molecule has 0 spiro atoms. The molecule has 1 N–H and O–H groups in total. The molecule has 2 aliphatic heterocycles. The van der Waals surface area contributed by atoms with E-state index in [1.807, 2.05) is 6.92 Å². The van der Waals surface area contributed by atoms with Gasteiger partial charge in [-0.2, -0.15) is 0 Å². The second-order valence-corrected chi connectivity index (χ2v) is 8.80. The minimum Gasteiger partial charge on any atom is -0.353 e. The molecule has 0 aromatic carbocycles. The van der Waals surface area contributed by atoms with Crippen LogP contribution in [0.2, 0.25) is 0 Å². The van der Waals surface area contributed by atoms with Gasteiger partial charge in [-0.3, -0.25) is 4.79 Å². The van der Waals surface area contributed by atoms with Crippen LogP contribution in [0.4, 0.5) is 5.82 Å². The number of carbonyl (C=O) groups is 1. The molecule has 1 aromatic rings. The summed E-state index contributed by atoms with van der Waals surface area (Å²) in [5.74, 6) is 3.26. The van der Waals surface area contributed by atoms with Crippen molar-refractivity contribution in [2.75, 3.05) is 31.1 Å². The smallest absolute Gasteiger partial charge is 0.239 e. The predicted octanol–water partition coefficient (Wildman–Crippen LogP) is 2.48. The average molecular weight is 372 g/mol. The number of hydrogen-bond donors (Lipinski definition) is 1. The molecule has 0 radical (unpaired) electrons. The van der Waals surface area contributed by atoms with Gasteiger partial charge < -0.3 is 15.1 Å². The fourth-order valence-electron chi connectivity index (χ4n) is 4.88. The molecule has 3 aliphatic rings. The lowest BCUT2D eigenvalue weighted by molar-refractivity contribution is -0.133. The van der Waals surface area contributed by atoms with Crippen LogP contribution in [0.1, 0.15) is 63.4 Å². The van der Waals surface area contributed by atoms with E-state index in [9.17, 15) is 4.79 Å². The summed E-state index contributed by atoms with van der Waals surface area (Å²) in [6.45, 7) is 9.54. The summed E-state index contributed by atoms with van der Waals surface area (Å²) in [6.07, 6.45) is 6.21. The summed E-state index contributed by atoms with van der Waals surface area (Å²) in [4.78, 5) is 26.7. The van der Waals surface area contributed by atoms with Gasteiger partial charge in [-0.25, -0.2) is 9.97 Å². The van der Waals surface area contributed by atoms with Crippen molar-refractivity contribution in [2.45, 2.75) is 70.9 Å². The maximum Gasteiger partial charge on any atom is 0.239 e. The number of nitrogens with zero attached hydrogens (tertiary/aromatic N) is 4. The van der Waals surface area contributed by atoms with E-state index in [4.69, 9.17) is 4.98 Å². The van der Waals surface area contributed by atoms with E-state index in [-0.39, 0.29) is 6.04 Å². The summed E-state index contributed by atoms with van der Waals surface area (Å²) >= 11 is 0. The summed E-state index contributed by atoms with van der Waals surface area (Å²) in [5.41, 5.74) is 1.01. The molecule has 3 unspecified atom stereocenters. The highest BCUT2D eigenvalue weighted by molar-refractivity contribution is 5.82. The zero-order valence-electron chi connectivity index (χ0n) is 16.9. The third kappa shape index (κ3) is 3.96. The molecule has 148 valence electrons.